The van der Waals surface area contributed by atoms with Gasteiger partial charge in [0.25, 0.3) is 0 Å². The molecule has 0 spiro atoms. The first-order chi connectivity index (χ1) is 14.5. The fourth-order valence-corrected chi connectivity index (χ4v) is 5.09. The number of aromatic nitrogens is 1. The van der Waals surface area contributed by atoms with Crippen LogP contribution in [0.25, 0.3) is 0 Å². The Bertz CT molecular complexity index is 660. The minimum Gasteiger partial charge on any atom is -0.444 e. The van der Waals surface area contributed by atoms with Crippen LogP contribution in [0.5, 0.6) is 0 Å². The molecule has 2 aliphatic rings. The monoisotopic (exact) mass is 545 g/mol. The summed E-state index contributed by atoms with van der Waals surface area (Å²) in [5.74, 6) is 5.31. The van der Waals surface area contributed by atoms with Gasteiger partial charge in [-0.3, -0.25) is 9.89 Å². The first-order valence-corrected chi connectivity index (χ1v) is 12.2. The van der Waals surface area contributed by atoms with Crippen LogP contribution in [0.1, 0.15) is 70.2 Å². The van der Waals surface area contributed by atoms with Gasteiger partial charge in [-0.15, -0.1) is 24.0 Å². The third kappa shape index (κ3) is 7.34. The van der Waals surface area contributed by atoms with Crippen molar-refractivity contribution in [1.29, 1.82) is 0 Å². The number of piperidine rings is 1. The summed E-state index contributed by atoms with van der Waals surface area (Å²) >= 11 is 0. The molecule has 1 unspecified atom stereocenters. The van der Waals surface area contributed by atoms with Crippen molar-refractivity contribution < 1.29 is 4.42 Å². The molecule has 3 heterocycles. The lowest BCUT2D eigenvalue weighted by atomic mass is 9.87. The molecule has 0 radical (unpaired) electrons. The lowest BCUT2D eigenvalue weighted by Gasteiger charge is -2.31. The highest BCUT2D eigenvalue weighted by Crippen LogP contribution is 2.29. The Kier molecular flexibility index (Phi) is 11.1. The molecule has 7 heteroatoms. The highest BCUT2D eigenvalue weighted by Gasteiger charge is 2.29. The Labute approximate surface area is 206 Å². The second-order valence-corrected chi connectivity index (χ2v) is 9.23. The van der Waals surface area contributed by atoms with Crippen molar-refractivity contribution in [2.75, 3.05) is 39.3 Å². The largest absolute Gasteiger partial charge is 0.444 e. The van der Waals surface area contributed by atoms with Crippen molar-refractivity contribution >= 4 is 29.9 Å². The van der Waals surface area contributed by atoms with Gasteiger partial charge in [-0.05, 0) is 70.9 Å². The molecule has 31 heavy (non-hydrogen) atoms. The molecule has 0 saturated carbocycles. The second kappa shape index (κ2) is 13.0. The molecule has 3 rings (SSSR count). The summed E-state index contributed by atoms with van der Waals surface area (Å²) in [5.41, 5.74) is 1.01. The molecule has 0 aromatic carbocycles. The normalized spacial score (nSPS) is 21.0. The minimum atomic E-state index is 0. The number of aliphatic imine (C=N–C) groups is 1. The van der Waals surface area contributed by atoms with Gasteiger partial charge in [-0.25, -0.2) is 4.98 Å². The molecular formula is C24H44IN5O. The van der Waals surface area contributed by atoms with Crippen LogP contribution in [0.15, 0.2) is 9.41 Å². The van der Waals surface area contributed by atoms with E-state index in [4.69, 9.17) is 9.41 Å². The van der Waals surface area contributed by atoms with E-state index in [0.717, 1.165) is 74.4 Å². The third-order valence-corrected chi connectivity index (χ3v) is 7.21. The van der Waals surface area contributed by atoms with Gasteiger partial charge in [0.1, 0.15) is 5.76 Å². The Hall–Kier alpha value is -0.830. The molecule has 2 saturated heterocycles. The molecule has 6 nitrogen and oxygen atoms in total. The maximum Gasteiger partial charge on any atom is 0.208 e. The number of rotatable bonds is 8. The van der Waals surface area contributed by atoms with Crippen molar-refractivity contribution in [3.05, 3.63) is 17.3 Å². The predicted octanol–water partition coefficient (Wildman–Crippen LogP) is 4.85. The average molecular weight is 546 g/mol. The predicted molar refractivity (Wildman–Crippen MR) is 139 cm³/mol. The van der Waals surface area contributed by atoms with E-state index in [9.17, 15) is 0 Å². The number of hydrogen-bond acceptors (Lipinski definition) is 4. The SMILES string of the molecule is CCNC(=NCC1CCN(Cc2nc(C)c(C)o2)CC1)N1CCC(C(CC)CC)C1.I. The van der Waals surface area contributed by atoms with Crippen LogP contribution in [0, 0.1) is 31.6 Å². The Morgan fingerprint density at radius 1 is 1.13 bits per heavy atom. The van der Waals surface area contributed by atoms with Gasteiger partial charge < -0.3 is 14.6 Å². The summed E-state index contributed by atoms with van der Waals surface area (Å²) in [7, 11) is 0. The van der Waals surface area contributed by atoms with Crippen molar-refractivity contribution in [3.63, 3.8) is 0 Å². The smallest absolute Gasteiger partial charge is 0.208 e. The van der Waals surface area contributed by atoms with Crippen LogP contribution in [-0.2, 0) is 6.54 Å². The Morgan fingerprint density at radius 2 is 1.84 bits per heavy atom. The zero-order valence-electron chi connectivity index (χ0n) is 20.3. The van der Waals surface area contributed by atoms with Gasteiger partial charge in [0.05, 0.1) is 12.2 Å². The van der Waals surface area contributed by atoms with Crippen LogP contribution >= 0.6 is 24.0 Å². The summed E-state index contributed by atoms with van der Waals surface area (Å²) < 4.78 is 5.76. The number of nitrogens with zero attached hydrogens (tertiary/aromatic N) is 4. The van der Waals surface area contributed by atoms with E-state index in [2.05, 4.69) is 40.9 Å². The quantitative estimate of drug-likeness (QED) is 0.288. The summed E-state index contributed by atoms with van der Waals surface area (Å²) in [6.45, 7) is 18.1. The van der Waals surface area contributed by atoms with Gasteiger partial charge >= 0.3 is 0 Å². The van der Waals surface area contributed by atoms with E-state index in [1.165, 1.54) is 38.6 Å². The standard InChI is InChI=1S/C24H43N5O.HI/c1-6-21(7-2)22-11-14-29(16-22)24(25-8-3)26-15-20-9-12-28(13-10-20)17-23-27-18(4)19(5)30-23;/h20-22H,6-17H2,1-5H3,(H,25,26);1H. The number of guanidine groups is 1. The van der Waals surface area contributed by atoms with Gasteiger partial charge in [0.2, 0.25) is 5.89 Å². The molecule has 1 N–H and O–H groups in total. The first-order valence-electron chi connectivity index (χ1n) is 12.2. The van der Waals surface area contributed by atoms with Crippen molar-refractivity contribution in [2.24, 2.45) is 22.7 Å². The molecule has 0 bridgehead atoms. The highest BCUT2D eigenvalue weighted by molar-refractivity contribution is 14.0. The van der Waals surface area contributed by atoms with Gasteiger partial charge in [-0.1, -0.05) is 26.7 Å². The van der Waals surface area contributed by atoms with Gasteiger partial charge in [0.15, 0.2) is 5.96 Å². The van der Waals surface area contributed by atoms with Crippen LogP contribution in [0.2, 0.25) is 0 Å². The molecule has 178 valence electrons. The van der Waals surface area contributed by atoms with E-state index in [1.54, 1.807) is 0 Å². The van der Waals surface area contributed by atoms with Crippen molar-refractivity contribution in [3.8, 4) is 0 Å². The van der Waals surface area contributed by atoms with Crippen molar-refractivity contribution in [1.82, 2.24) is 20.1 Å². The number of oxazole rings is 1. The van der Waals surface area contributed by atoms with Crippen molar-refractivity contribution in [2.45, 2.75) is 73.3 Å². The van der Waals surface area contributed by atoms with Crippen LogP contribution in [-0.4, -0.2) is 60.0 Å². The van der Waals surface area contributed by atoms with E-state index < -0.39 is 0 Å². The van der Waals surface area contributed by atoms with Gasteiger partial charge in [0, 0.05) is 26.2 Å². The lowest BCUT2D eigenvalue weighted by molar-refractivity contribution is 0.166. The molecule has 1 aromatic rings. The van der Waals surface area contributed by atoms with E-state index in [0.29, 0.717) is 5.92 Å². The maximum absolute atomic E-state index is 5.76. The van der Waals surface area contributed by atoms with E-state index in [-0.39, 0.29) is 24.0 Å². The highest BCUT2D eigenvalue weighted by atomic mass is 127. The van der Waals surface area contributed by atoms with Crippen LogP contribution < -0.4 is 5.32 Å². The zero-order chi connectivity index (χ0) is 21.5. The first kappa shape index (κ1) is 26.4. The fourth-order valence-electron chi connectivity index (χ4n) is 5.09. The fraction of sp³-hybridized carbons (Fsp3) is 0.833. The minimum absolute atomic E-state index is 0. The topological polar surface area (TPSA) is 56.9 Å². The van der Waals surface area contributed by atoms with E-state index >= 15 is 0 Å². The average Bonchev–Trinajstić information content (AvgIpc) is 3.34. The molecular weight excluding hydrogens is 501 g/mol. The Balaban J connectivity index is 0.00000341. The molecule has 0 amide bonds. The number of aryl methyl sites for hydroxylation is 2. The number of halogens is 1. The summed E-state index contributed by atoms with van der Waals surface area (Å²) in [5, 5.41) is 3.55. The summed E-state index contributed by atoms with van der Waals surface area (Å²) in [6.07, 6.45) is 6.33. The molecule has 1 aromatic heterocycles. The molecule has 0 aliphatic carbocycles. The Morgan fingerprint density at radius 3 is 2.42 bits per heavy atom. The second-order valence-electron chi connectivity index (χ2n) is 9.23. The van der Waals surface area contributed by atoms with Gasteiger partial charge in [-0.2, -0.15) is 0 Å². The molecule has 2 aliphatic heterocycles. The van der Waals surface area contributed by atoms with Crippen LogP contribution in [0.3, 0.4) is 0 Å². The van der Waals surface area contributed by atoms with Crippen LogP contribution in [0.4, 0.5) is 0 Å². The number of likely N-dealkylation sites (tertiary alicyclic amines) is 2. The lowest BCUT2D eigenvalue weighted by Crippen LogP contribution is -2.41. The van der Waals surface area contributed by atoms with E-state index in [1.807, 2.05) is 13.8 Å². The zero-order valence-corrected chi connectivity index (χ0v) is 22.7. The molecule has 1 atom stereocenters. The number of nitrogens with one attached hydrogen (secondary N) is 1. The maximum atomic E-state index is 5.76. The third-order valence-electron chi connectivity index (χ3n) is 7.21. The molecule has 2 fully saturated rings. The summed E-state index contributed by atoms with van der Waals surface area (Å²) in [4.78, 5) is 14.6. The number of hydrogen-bond donors (Lipinski definition) is 1. The summed E-state index contributed by atoms with van der Waals surface area (Å²) in [6, 6.07) is 0.